The lowest BCUT2D eigenvalue weighted by atomic mass is 10.2. The Balaban J connectivity index is 1.59. The first kappa shape index (κ1) is 21.4. The molecule has 0 radical (unpaired) electrons. The zero-order valence-electron chi connectivity index (χ0n) is 16.4. The van der Waals surface area contributed by atoms with Crippen LogP contribution in [0.25, 0.3) is 11.3 Å². The lowest BCUT2D eigenvalue weighted by Gasteiger charge is -2.08. The number of hydrogen-bond acceptors (Lipinski definition) is 6. The molecule has 0 unspecified atom stereocenters. The number of pyridine rings is 2. The van der Waals surface area contributed by atoms with Gasteiger partial charge in [-0.3, -0.25) is 14.8 Å². The smallest absolute Gasteiger partial charge is 0.347 e. The van der Waals surface area contributed by atoms with E-state index in [0.717, 1.165) is 22.6 Å². The fourth-order valence-corrected chi connectivity index (χ4v) is 3.86. The Morgan fingerprint density at radius 3 is 2.53 bits per heavy atom. The predicted octanol–water partition coefficient (Wildman–Crippen LogP) is 5.29. The number of alkyl halides is 3. The molecule has 3 aromatic heterocycles. The summed E-state index contributed by atoms with van der Waals surface area (Å²) in [4.78, 5) is 25.7. The molecule has 32 heavy (non-hydrogen) atoms. The number of nitrogens with one attached hydrogen (secondary N) is 2. The molecule has 0 spiro atoms. The maximum Gasteiger partial charge on any atom is 0.416 e. The lowest BCUT2D eigenvalue weighted by Crippen LogP contribution is -2.22. The van der Waals surface area contributed by atoms with Crippen molar-refractivity contribution in [3.8, 4) is 11.3 Å². The van der Waals surface area contributed by atoms with Crippen molar-refractivity contribution in [3.05, 3.63) is 89.3 Å². The molecule has 2 N–H and O–H groups in total. The van der Waals surface area contributed by atoms with E-state index < -0.39 is 11.7 Å². The van der Waals surface area contributed by atoms with Crippen LogP contribution >= 0.6 is 11.3 Å². The summed E-state index contributed by atoms with van der Waals surface area (Å²) in [5.41, 5.74) is 1.30. The van der Waals surface area contributed by atoms with Crippen LogP contribution in [-0.4, -0.2) is 20.9 Å². The van der Waals surface area contributed by atoms with Gasteiger partial charge in [0.2, 0.25) is 0 Å². The average Bonchev–Trinajstić information content (AvgIpc) is 3.21. The molecule has 0 fully saturated rings. The summed E-state index contributed by atoms with van der Waals surface area (Å²) in [6, 6.07) is 11.7. The number of nitrogens with zero attached hydrogens (tertiary/aromatic N) is 3. The summed E-state index contributed by atoms with van der Waals surface area (Å²) in [5.74, 6) is -0.273. The maximum absolute atomic E-state index is 13.0. The van der Waals surface area contributed by atoms with Crippen molar-refractivity contribution in [3.63, 3.8) is 0 Å². The average molecular weight is 455 g/mol. The standard InChI is InChI=1S/C22H16F3N5OS/c23-22(24,25)16-4-1-5-17(11-16)29-21-30-19(15-3-2-8-27-12-15)18(32-21)13-28-20(31)14-6-9-26-10-7-14/h1-12H,13H2,(H,28,31)(H,29,30). The van der Waals surface area contributed by atoms with Crippen molar-refractivity contribution in [2.75, 3.05) is 5.32 Å². The van der Waals surface area contributed by atoms with Gasteiger partial charge in [0.1, 0.15) is 0 Å². The topological polar surface area (TPSA) is 79.8 Å². The molecular formula is C22H16F3N5OS. The van der Waals surface area contributed by atoms with Crippen molar-refractivity contribution < 1.29 is 18.0 Å². The van der Waals surface area contributed by atoms with Crippen LogP contribution in [0, 0.1) is 0 Å². The first-order chi connectivity index (χ1) is 15.4. The highest BCUT2D eigenvalue weighted by Gasteiger charge is 2.30. The Morgan fingerprint density at radius 1 is 1.00 bits per heavy atom. The summed E-state index contributed by atoms with van der Waals surface area (Å²) in [5, 5.41) is 6.17. The largest absolute Gasteiger partial charge is 0.416 e. The predicted molar refractivity (Wildman–Crippen MR) is 115 cm³/mol. The maximum atomic E-state index is 13.0. The highest BCUT2D eigenvalue weighted by molar-refractivity contribution is 7.16. The Labute approximate surface area is 185 Å². The Kier molecular flexibility index (Phi) is 6.13. The minimum atomic E-state index is -4.44. The number of thiazole rings is 1. The number of rotatable bonds is 6. The van der Waals surface area contributed by atoms with Gasteiger partial charge >= 0.3 is 6.18 Å². The van der Waals surface area contributed by atoms with Crippen LogP contribution in [0.5, 0.6) is 0 Å². The molecule has 4 rings (SSSR count). The van der Waals surface area contributed by atoms with Gasteiger partial charge in [-0.1, -0.05) is 17.4 Å². The second-order valence-corrected chi connectivity index (χ2v) is 7.74. The van der Waals surface area contributed by atoms with Gasteiger partial charge in [0.15, 0.2) is 5.13 Å². The summed E-state index contributed by atoms with van der Waals surface area (Å²) in [6.45, 7) is 0.188. The van der Waals surface area contributed by atoms with Crippen molar-refractivity contribution >= 4 is 28.1 Å². The van der Waals surface area contributed by atoms with Crippen molar-refractivity contribution in [2.24, 2.45) is 0 Å². The van der Waals surface area contributed by atoms with Crippen LogP contribution in [0.3, 0.4) is 0 Å². The number of benzene rings is 1. The third kappa shape index (κ3) is 5.09. The molecule has 6 nitrogen and oxygen atoms in total. The molecule has 0 saturated heterocycles. The molecule has 0 atom stereocenters. The fraction of sp³-hybridized carbons (Fsp3) is 0.0909. The van der Waals surface area contributed by atoms with E-state index in [2.05, 4.69) is 25.6 Å². The molecule has 3 heterocycles. The first-order valence-electron chi connectivity index (χ1n) is 9.43. The van der Waals surface area contributed by atoms with E-state index in [0.29, 0.717) is 16.4 Å². The fourth-order valence-electron chi connectivity index (χ4n) is 2.92. The molecule has 0 aliphatic carbocycles. The summed E-state index contributed by atoms with van der Waals surface area (Å²) >= 11 is 1.24. The zero-order valence-corrected chi connectivity index (χ0v) is 17.2. The third-order valence-corrected chi connectivity index (χ3v) is 5.40. The summed E-state index contributed by atoms with van der Waals surface area (Å²) in [6.07, 6.45) is 1.88. The van der Waals surface area contributed by atoms with E-state index in [4.69, 9.17) is 0 Å². The van der Waals surface area contributed by atoms with Crippen molar-refractivity contribution in [1.29, 1.82) is 0 Å². The molecule has 10 heteroatoms. The van der Waals surface area contributed by atoms with Gasteiger partial charge in [-0.25, -0.2) is 4.98 Å². The molecular weight excluding hydrogens is 439 g/mol. The molecule has 0 saturated carbocycles. The normalized spacial score (nSPS) is 11.2. The highest BCUT2D eigenvalue weighted by atomic mass is 32.1. The van der Waals surface area contributed by atoms with Crippen LogP contribution in [0.4, 0.5) is 24.0 Å². The number of halogens is 3. The number of aromatic nitrogens is 3. The van der Waals surface area contributed by atoms with Gasteiger partial charge in [0.05, 0.1) is 22.7 Å². The van der Waals surface area contributed by atoms with Gasteiger partial charge in [-0.15, -0.1) is 0 Å². The number of anilines is 2. The molecule has 162 valence electrons. The minimum absolute atomic E-state index is 0.188. The van der Waals surface area contributed by atoms with E-state index >= 15 is 0 Å². The third-order valence-electron chi connectivity index (χ3n) is 4.43. The Hall–Kier alpha value is -3.79. The highest BCUT2D eigenvalue weighted by Crippen LogP contribution is 2.34. The number of carbonyl (C=O) groups excluding carboxylic acids is 1. The van der Waals surface area contributed by atoms with E-state index in [9.17, 15) is 18.0 Å². The van der Waals surface area contributed by atoms with Crippen molar-refractivity contribution in [1.82, 2.24) is 20.3 Å². The second kappa shape index (κ2) is 9.15. The minimum Gasteiger partial charge on any atom is -0.347 e. The quantitative estimate of drug-likeness (QED) is 0.413. The first-order valence-corrected chi connectivity index (χ1v) is 10.2. The van der Waals surface area contributed by atoms with Gasteiger partial charge < -0.3 is 10.6 Å². The summed E-state index contributed by atoms with van der Waals surface area (Å²) < 4.78 is 39.1. The van der Waals surface area contributed by atoms with Crippen LogP contribution in [0.2, 0.25) is 0 Å². The Bertz CT molecular complexity index is 1210. The van der Waals surface area contributed by atoms with E-state index in [-0.39, 0.29) is 18.1 Å². The molecule has 0 bridgehead atoms. The zero-order chi connectivity index (χ0) is 22.6. The lowest BCUT2D eigenvalue weighted by molar-refractivity contribution is -0.137. The monoisotopic (exact) mass is 455 g/mol. The van der Waals surface area contributed by atoms with Crippen LogP contribution in [0.15, 0.2) is 73.3 Å². The van der Waals surface area contributed by atoms with Gasteiger partial charge in [-0.05, 0) is 42.5 Å². The number of amides is 1. The van der Waals surface area contributed by atoms with Gasteiger partial charge in [-0.2, -0.15) is 13.2 Å². The molecule has 1 aromatic carbocycles. The van der Waals surface area contributed by atoms with Crippen LogP contribution in [-0.2, 0) is 12.7 Å². The number of carbonyl (C=O) groups is 1. The summed E-state index contributed by atoms with van der Waals surface area (Å²) in [7, 11) is 0. The van der Waals surface area contributed by atoms with Gasteiger partial charge in [0, 0.05) is 41.6 Å². The van der Waals surface area contributed by atoms with Gasteiger partial charge in [0.25, 0.3) is 5.91 Å². The Morgan fingerprint density at radius 2 is 1.81 bits per heavy atom. The van der Waals surface area contributed by atoms with Crippen LogP contribution < -0.4 is 10.6 Å². The van der Waals surface area contributed by atoms with E-state index in [1.54, 1.807) is 30.6 Å². The number of hydrogen-bond donors (Lipinski definition) is 2. The molecule has 0 aliphatic rings. The molecule has 0 aliphatic heterocycles. The van der Waals surface area contributed by atoms with E-state index in [1.165, 1.54) is 35.9 Å². The SMILES string of the molecule is O=C(NCc1sc(Nc2cccc(C(F)(F)F)c2)nc1-c1cccnc1)c1ccncc1. The van der Waals surface area contributed by atoms with E-state index in [1.807, 2.05) is 6.07 Å². The molecule has 4 aromatic rings. The second-order valence-electron chi connectivity index (χ2n) is 6.65. The molecule has 1 amide bonds. The van der Waals surface area contributed by atoms with Crippen LogP contribution in [0.1, 0.15) is 20.8 Å². The van der Waals surface area contributed by atoms with Crippen molar-refractivity contribution in [2.45, 2.75) is 12.7 Å².